The van der Waals surface area contributed by atoms with Crippen LogP contribution in [0.1, 0.15) is 25.0 Å². The second-order valence-electron chi connectivity index (χ2n) is 15.3. The average Bonchev–Trinajstić information content (AvgIpc) is 3.49. The predicted octanol–water partition coefficient (Wildman–Crippen LogP) is 14.5. The molecule has 0 spiro atoms. The Labute approximate surface area is 324 Å². The minimum absolute atomic E-state index is 0.132. The number of fused-ring (bicyclic) bond motifs is 4. The van der Waals surface area contributed by atoms with Crippen LogP contribution in [0, 0.1) is 5.82 Å². The third-order valence-electron chi connectivity index (χ3n) is 11.9. The molecule has 0 bridgehead atoms. The van der Waals surface area contributed by atoms with Gasteiger partial charge in [-0.25, -0.2) is 9.37 Å². The van der Waals surface area contributed by atoms with E-state index in [9.17, 15) is 0 Å². The monoisotopic (exact) mass is 721 g/mol. The van der Waals surface area contributed by atoms with Crippen LogP contribution >= 0.6 is 0 Å². The molecule has 0 amide bonds. The van der Waals surface area contributed by atoms with E-state index in [2.05, 4.69) is 140 Å². The molecule has 0 radical (unpaired) electrons. The van der Waals surface area contributed by atoms with Crippen LogP contribution in [0.4, 0.5) is 38.6 Å². The van der Waals surface area contributed by atoms with Crippen LogP contribution < -0.4 is 9.80 Å². The molecule has 0 saturated carbocycles. The first-order valence-corrected chi connectivity index (χ1v) is 19.2. The van der Waals surface area contributed by atoms with Gasteiger partial charge in [0.05, 0.1) is 17.1 Å². The van der Waals surface area contributed by atoms with Crippen LogP contribution in [0.15, 0.2) is 182 Å². The second kappa shape index (κ2) is 12.2. The fourth-order valence-corrected chi connectivity index (χ4v) is 9.29. The maximum absolute atomic E-state index is 16.7. The molecule has 1 heterocycles. The van der Waals surface area contributed by atoms with E-state index >= 15 is 4.39 Å². The van der Waals surface area contributed by atoms with Gasteiger partial charge in [-0.2, -0.15) is 0 Å². The smallest absolute Gasteiger partial charge is 0.174 e. The lowest BCUT2D eigenvalue weighted by Gasteiger charge is -2.30. The molecule has 0 unspecified atom stereocenters. The Morgan fingerprint density at radius 1 is 0.446 bits per heavy atom. The first kappa shape index (κ1) is 32.4. The topological polar surface area (TPSA) is 19.4 Å². The SMILES string of the molecule is CC1(C)c2ccccc2-c2c(N(c3ccccc3)c3ccc4ccc5c(N(c6ccccc6)c6ncc7ccccc7c6F)ccc6ccc3c4c65)cccc21. The molecule has 0 atom stereocenters. The molecule has 9 aromatic carbocycles. The van der Waals surface area contributed by atoms with E-state index in [0.29, 0.717) is 5.39 Å². The normalized spacial score (nSPS) is 13.1. The van der Waals surface area contributed by atoms with Gasteiger partial charge in [0, 0.05) is 50.1 Å². The number of benzene rings is 9. The van der Waals surface area contributed by atoms with E-state index in [4.69, 9.17) is 4.98 Å². The third kappa shape index (κ3) is 4.66. The van der Waals surface area contributed by atoms with E-state index in [1.165, 1.54) is 27.6 Å². The number of hydrogen-bond acceptors (Lipinski definition) is 3. The fourth-order valence-electron chi connectivity index (χ4n) is 9.29. The lowest BCUT2D eigenvalue weighted by atomic mass is 9.82. The number of halogens is 1. The number of rotatable bonds is 6. The molecule has 3 nitrogen and oxygen atoms in total. The minimum Gasteiger partial charge on any atom is -0.309 e. The van der Waals surface area contributed by atoms with Gasteiger partial charge in [-0.05, 0) is 80.7 Å². The molecule has 10 aromatic rings. The zero-order valence-electron chi connectivity index (χ0n) is 31.0. The van der Waals surface area contributed by atoms with Crippen LogP contribution in [-0.4, -0.2) is 4.98 Å². The van der Waals surface area contributed by atoms with Crippen molar-refractivity contribution in [1.82, 2.24) is 4.98 Å². The first-order valence-electron chi connectivity index (χ1n) is 19.2. The molecular weight excluding hydrogens is 686 g/mol. The summed E-state index contributed by atoms with van der Waals surface area (Å²) in [6.45, 7) is 4.67. The molecule has 0 aliphatic heterocycles. The largest absolute Gasteiger partial charge is 0.309 e. The summed E-state index contributed by atoms with van der Waals surface area (Å²) >= 11 is 0. The lowest BCUT2D eigenvalue weighted by molar-refractivity contribution is 0.635. The fraction of sp³-hybridized carbons (Fsp3) is 0.0577. The van der Waals surface area contributed by atoms with E-state index < -0.39 is 0 Å². The maximum Gasteiger partial charge on any atom is 0.174 e. The van der Waals surface area contributed by atoms with Gasteiger partial charge in [-0.1, -0.05) is 147 Å². The number of para-hydroxylation sites is 2. The van der Waals surface area contributed by atoms with E-state index in [1.54, 1.807) is 6.20 Å². The predicted molar refractivity (Wildman–Crippen MR) is 232 cm³/mol. The number of nitrogens with zero attached hydrogens (tertiary/aromatic N) is 3. The molecule has 56 heavy (non-hydrogen) atoms. The average molecular weight is 722 g/mol. The zero-order valence-corrected chi connectivity index (χ0v) is 31.0. The Morgan fingerprint density at radius 2 is 1.00 bits per heavy atom. The quantitative estimate of drug-likeness (QED) is 0.159. The van der Waals surface area contributed by atoms with Crippen molar-refractivity contribution in [3.8, 4) is 11.1 Å². The van der Waals surface area contributed by atoms with Crippen molar-refractivity contribution >= 4 is 77.3 Å². The summed E-state index contributed by atoms with van der Waals surface area (Å²) in [4.78, 5) is 9.18. The van der Waals surface area contributed by atoms with Gasteiger partial charge in [0.15, 0.2) is 11.6 Å². The molecule has 0 saturated heterocycles. The van der Waals surface area contributed by atoms with Crippen LogP contribution in [0.2, 0.25) is 0 Å². The lowest BCUT2D eigenvalue weighted by Crippen LogP contribution is -2.16. The molecule has 0 fully saturated rings. The second-order valence-corrected chi connectivity index (χ2v) is 15.3. The van der Waals surface area contributed by atoms with Gasteiger partial charge < -0.3 is 4.90 Å². The highest BCUT2D eigenvalue weighted by Gasteiger charge is 2.38. The van der Waals surface area contributed by atoms with Gasteiger partial charge in [0.2, 0.25) is 0 Å². The van der Waals surface area contributed by atoms with Gasteiger partial charge in [0.1, 0.15) is 0 Å². The molecule has 1 aliphatic carbocycles. The van der Waals surface area contributed by atoms with E-state index in [0.717, 1.165) is 60.8 Å². The molecular formula is C52H36FN3. The summed E-state index contributed by atoms with van der Waals surface area (Å²) in [5.41, 5.74) is 10.1. The van der Waals surface area contributed by atoms with Crippen LogP contribution in [0.25, 0.3) is 54.2 Å². The minimum atomic E-state index is -0.349. The first-order chi connectivity index (χ1) is 27.5. The summed E-state index contributed by atoms with van der Waals surface area (Å²) in [7, 11) is 0. The van der Waals surface area contributed by atoms with Gasteiger partial charge >= 0.3 is 0 Å². The Balaban J connectivity index is 1.18. The zero-order chi connectivity index (χ0) is 37.5. The van der Waals surface area contributed by atoms with E-state index in [1.807, 2.05) is 59.5 Å². The number of hydrogen-bond donors (Lipinski definition) is 0. The molecule has 1 aromatic heterocycles. The highest BCUT2D eigenvalue weighted by molar-refractivity contribution is 6.28. The molecule has 4 heteroatoms. The Hall–Kier alpha value is -7.04. The highest BCUT2D eigenvalue weighted by atomic mass is 19.1. The summed E-state index contributed by atoms with van der Waals surface area (Å²) in [5, 5.41) is 8.07. The maximum atomic E-state index is 16.7. The Bertz CT molecular complexity index is 3140. The summed E-state index contributed by atoms with van der Waals surface area (Å²) in [5.74, 6) is -0.0828. The molecule has 1 aliphatic rings. The van der Waals surface area contributed by atoms with Gasteiger partial charge in [-0.15, -0.1) is 0 Å². The summed E-state index contributed by atoms with van der Waals surface area (Å²) in [6.07, 6.45) is 1.77. The van der Waals surface area contributed by atoms with Crippen LogP contribution in [-0.2, 0) is 5.41 Å². The summed E-state index contributed by atoms with van der Waals surface area (Å²) in [6, 6.07) is 61.5. The molecule has 0 N–H and O–H groups in total. The van der Waals surface area contributed by atoms with Crippen molar-refractivity contribution in [2.45, 2.75) is 19.3 Å². The Morgan fingerprint density at radius 3 is 1.70 bits per heavy atom. The summed E-state index contributed by atoms with van der Waals surface area (Å²) < 4.78 is 16.7. The van der Waals surface area contributed by atoms with Crippen molar-refractivity contribution in [2.24, 2.45) is 0 Å². The third-order valence-corrected chi connectivity index (χ3v) is 11.9. The van der Waals surface area contributed by atoms with Crippen LogP contribution in [0.5, 0.6) is 0 Å². The van der Waals surface area contributed by atoms with Crippen molar-refractivity contribution in [2.75, 3.05) is 9.80 Å². The van der Waals surface area contributed by atoms with E-state index in [-0.39, 0.29) is 17.1 Å². The number of anilines is 6. The molecule has 11 rings (SSSR count). The van der Waals surface area contributed by atoms with Crippen molar-refractivity contribution in [3.63, 3.8) is 0 Å². The number of aromatic nitrogens is 1. The Kier molecular flexibility index (Phi) is 7.08. The van der Waals surface area contributed by atoms with Gasteiger partial charge in [0.25, 0.3) is 0 Å². The standard InChI is InChI=1S/C52H36FN3/c1-52(2)42-21-12-11-20-39(42)49-43(52)22-13-23-46(49)55(36-15-5-3-6-16-36)44-30-26-33-25-29-41-45(31-27-34-24-28-40(44)47(33)48(34)41)56(37-17-7-4-8-18-37)51-50(53)38-19-10-9-14-35(38)32-54-51/h3-32H,1-2H3. The van der Waals surface area contributed by atoms with Crippen molar-refractivity contribution < 1.29 is 4.39 Å². The molecule has 266 valence electrons. The highest BCUT2D eigenvalue weighted by Crippen LogP contribution is 2.55. The van der Waals surface area contributed by atoms with Crippen LogP contribution in [0.3, 0.4) is 0 Å². The van der Waals surface area contributed by atoms with Crippen molar-refractivity contribution in [3.05, 3.63) is 199 Å². The van der Waals surface area contributed by atoms with Gasteiger partial charge in [-0.3, -0.25) is 4.90 Å². The number of pyridine rings is 1. The van der Waals surface area contributed by atoms with Crippen molar-refractivity contribution in [1.29, 1.82) is 0 Å².